The zero-order valence-corrected chi connectivity index (χ0v) is 30.8. The molecule has 0 aliphatic carbocycles. The largest absolute Gasteiger partial charge is 0.455 e. The summed E-state index contributed by atoms with van der Waals surface area (Å²) in [6.45, 7) is 0. The summed E-state index contributed by atoms with van der Waals surface area (Å²) in [6.07, 6.45) is 3.56. The quantitative estimate of drug-likeness (QED) is 0.170. The van der Waals surface area contributed by atoms with E-state index in [4.69, 9.17) is 9.40 Å². The van der Waals surface area contributed by atoms with Gasteiger partial charge in [-0.25, -0.2) is 0 Å². The van der Waals surface area contributed by atoms with Crippen molar-refractivity contribution >= 4 is 76.1 Å². The number of hydrogen-bond donors (Lipinski definition) is 0. The monoisotopic (exact) mass is 724 g/mol. The van der Waals surface area contributed by atoms with E-state index in [0.717, 1.165) is 54.9 Å². The fourth-order valence-corrected chi connectivity index (χ4v) is 8.84. The van der Waals surface area contributed by atoms with E-state index in [1.807, 2.05) is 12.1 Å². The lowest BCUT2D eigenvalue weighted by atomic mass is 9.93. The first-order chi connectivity index (χ1) is 28.2. The van der Waals surface area contributed by atoms with Gasteiger partial charge in [0, 0.05) is 39.5 Å². The number of nitrogens with zero attached hydrogens (tertiary/aromatic N) is 2. The lowest BCUT2D eigenvalue weighted by Crippen LogP contribution is -1.89. The molecule has 264 valence electrons. The summed E-state index contributed by atoms with van der Waals surface area (Å²) in [7, 11) is 0. The molecule has 12 aromatic rings. The predicted octanol–water partition coefficient (Wildman–Crippen LogP) is 14.8. The second-order valence-electron chi connectivity index (χ2n) is 15.0. The fraction of sp³-hybridized carbons (Fsp3) is 0. The summed E-state index contributed by atoms with van der Waals surface area (Å²) in [4.78, 5) is 9.42. The molecule has 0 unspecified atom stereocenters. The Kier molecular flexibility index (Phi) is 6.93. The summed E-state index contributed by atoms with van der Waals surface area (Å²) >= 11 is 0. The number of para-hydroxylation sites is 2. The third kappa shape index (κ3) is 5.13. The highest BCUT2D eigenvalue weighted by molar-refractivity contribution is 6.23. The molecule has 0 spiro atoms. The van der Waals surface area contributed by atoms with Crippen molar-refractivity contribution in [3.05, 3.63) is 194 Å². The van der Waals surface area contributed by atoms with Crippen LogP contribution in [0.1, 0.15) is 0 Å². The molecule has 2 aromatic heterocycles. The van der Waals surface area contributed by atoms with Gasteiger partial charge >= 0.3 is 0 Å². The highest BCUT2D eigenvalue weighted by Crippen LogP contribution is 2.39. The third-order valence-electron chi connectivity index (χ3n) is 11.7. The van der Waals surface area contributed by atoms with E-state index in [2.05, 4.69) is 175 Å². The van der Waals surface area contributed by atoms with Gasteiger partial charge in [0.2, 0.25) is 0 Å². The number of rotatable bonds is 4. The van der Waals surface area contributed by atoms with Crippen molar-refractivity contribution in [2.24, 2.45) is 0 Å². The van der Waals surface area contributed by atoms with E-state index >= 15 is 0 Å². The Bertz CT molecular complexity index is 3540. The summed E-state index contributed by atoms with van der Waals surface area (Å²) in [6, 6.07) is 65.9. The maximum Gasteiger partial charge on any atom is 0.143 e. The lowest BCUT2D eigenvalue weighted by molar-refractivity contribution is 0.670. The van der Waals surface area contributed by atoms with Crippen molar-refractivity contribution in [3.63, 3.8) is 0 Å². The molecule has 0 saturated carbocycles. The second kappa shape index (κ2) is 12.5. The molecule has 10 aromatic carbocycles. The van der Waals surface area contributed by atoms with Crippen LogP contribution in [0, 0.1) is 0 Å². The number of benzene rings is 10. The van der Waals surface area contributed by atoms with Crippen LogP contribution in [-0.4, -0.2) is 9.97 Å². The van der Waals surface area contributed by atoms with Crippen molar-refractivity contribution in [1.29, 1.82) is 0 Å². The summed E-state index contributed by atoms with van der Waals surface area (Å²) < 4.78 is 6.31. The van der Waals surface area contributed by atoms with Crippen LogP contribution in [-0.2, 0) is 0 Å². The minimum absolute atomic E-state index is 0.919. The third-order valence-corrected chi connectivity index (χ3v) is 11.7. The van der Waals surface area contributed by atoms with Crippen molar-refractivity contribution < 1.29 is 4.42 Å². The maximum absolute atomic E-state index is 6.31. The van der Waals surface area contributed by atoms with Gasteiger partial charge in [0.05, 0.1) is 11.0 Å². The van der Waals surface area contributed by atoms with E-state index in [-0.39, 0.29) is 0 Å². The maximum atomic E-state index is 6.31. The van der Waals surface area contributed by atoms with Crippen molar-refractivity contribution in [2.75, 3.05) is 0 Å². The Hall–Kier alpha value is -7.62. The average molecular weight is 725 g/mol. The minimum Gasteiger partial charge on any atom is -0.455 e. The van der Waals surface area contributed by atoms with Crippen LogP contribution in [0.2, 0.25) is 0 Å². The van der Waals surface area contributed by atoms with E-state index in [1.54, 1.807) is 12.4 Å². The van der Waals surface area contributed by atoms with E-state index in [9.17, 15) is 0 Å². The first kappa shape index (κ1) is 31.7. The first-order valence-electron chi connectivity index (χ1n) is 19.4. The SMILES string of the molecule is c1ccc2c(c1)oc1c(-c3ccc(-c4ccc5cc(-c6ccc7cc(-c8ccc9c(c8)c8ccccc8c8nccnc98)ccc7c6)ccc5c4)cc3)cccc12. The van der Waals surface area contributed by atoms with Crippen molar-refractivity contribution in [2.45, 2.75) is 0 Å². The smallest absolute Gasteiger partial charge is 0.143 e. The fourth-order valence-electron chi connectivity index (χ4n) is 8.84. The number of aromatic nitrogens is 2. The minimum atomic E-state index is 0.919. The molecule has 0 fully saturated rings. The van der Waals surface area contributed by atoms with Crippen LogP contribution in [0.25, 0.3) is 121 Å². The molecule has 0 N–H and O–H groups in total. The molecule has 0 bridgehead atoms. The standard InChI is InChI=1S/C54H32N2O/c1-2-8-47-45(6-1)50-32-43(24-25-48(50)53-52(47)55-26-27-56-53)42-23-22-40-30-39(20-21-41(40)31-42)38-19-18-36-28-35(16-17-37(36)29-38)33-12-14-34(15-13-33)44-9-5-10-49-46-7-3-4-11-51(46)57-54(44)49/h1-32H. The Morgan fingerprint density at radius 1 is 0.298 bits per heavy atom. The Morgan fingerprint density at radius 2 is 0.754 bits per heavy atom. The van der Waals surface area contributed by atoms with Gasteiger partial charge in [-0.2, -0.15) is 0 Å². The van der Waals surface area contributed by atoms with Crippen LogP contribution in [0.3, 0.4) is 0 Å². The highest BCUT2D eigenvalue weighted by atomic mass is 16.3. The van der Waals surface area contributed by atoms with Crippen LogP contribution >= 0.6 is 0 Å². The molecule has 0 radical (unpaired) electrons. The van der Waals surface area contributed by atoms with Gasteiger partial charge in [0.15, 0.2) is 0 Å². The molecular weight excluding hydrogens is 693 g/mol. The van der Waals surface area contributed by atoms with E-state index in [0.29, 0.717) is 0 Å². The number of furan rings is 1. The topological polar surface area (TPSA) is 38.9 Å². The summed E-state index contributed by atoms with van der Waals surface area (Å²) in [5.74, 6) is 0. The van der Waals surface area contributed by atoms with Crippen LogP contribution in [0.4, 0.5) is 0 Å². The molecule has 12 rings (SSSR count). The van der Waals surface area contributed by atoms with Gasteiger partial charge in [-0.3, -0.25) is 9.97 Å². The van der Waals surface area contributed by atoms with E-state index in [1.165, 1.54) is 65.7 Å². The molecule has 0 atom stereocenters. The van der Waals surface area contributed by atoms with Gasteiger partial charge in [0.25, 0.3) is 0 Å². The highest BCUT2D eigenvalue weighted by Gasteiger charge is 2.14. The lowest BCUT2D eigenvalue weighted by Gasteiger charge is -2.12. The molecule has 3 nitrogen and oxygen atoms in total. The van der Waals surface area contributed by atoms with E-state index < -0.39 is 0 Å². The molecule has 0 aliphatic rings. The van der Waals surface area contributed by atoms with Crippen molar-refractivity contribution in [3.8, 4) is 44.5 Å². The van der Waals surface area contributed by atoms with Gasteiger partial charge < -0.3 is 4.42 Å². The Labute approximate surface area is 328 Å². The summed E-state index contributed by atoms with van der Waals surface area (Å²) in [5.41, 5.74) is 13.2. The van der Waals surface area contributed by atoms with Gasteiger partial charge in [-0.15, -0.1) is 0 Å². The first-order valence-corrected chi connectivity index (χ1v) is 19.4. The van der Waals surface area contributed by atoms with Gasteiger partial charge in [-0.05, 0) is 108 Å². The normalized spacial score (nSPS) is 11.9. The van der Waals surface area contributed by atoms with Crippen molar-refractivity contribution in [1.82, 2.24) is 9.97 Å². The second-order valence-corrected chi connectivity index (χ2v) is 15.0. The molecule has 0 aliphatic heterocycles. The molecular formula is C54H32N2O. The molecule has 57 heavy (non-hydrogen) atoms. The zero-order chi connectivity index (χ0) is 37.5. The number of fused-ring (bicyclic) bond motifs is 11. The molecule has 0 amide bonds. The van der Waals surface area contributed by atoms with Crippen LogP contribution < -0.4 is 0 Å². The predicted molar refractivity (Wildman–Crippen MR) is 239 cm³/mol. The number of hydrogen-bond acceptors (Lipinski definition) is 3. The Balaban J connectivity index is 0.835. The van der Waals surface area contributed by atoms with Crippen LogP contribution in [0.5, 0.6) is 0 Å². The molecule has 3 heteroatoms. The van der Waals surface area contributed by atoms with Crippen LogP contribution in [0.15, 0.2) is 199 Å². The Morgan fingerprint density at radius 3 is 1.39 bits per heavy atom. The zero-order valence-electron chi connectivity index (χ0n) is 30.8. The molecule has 2 heterocycles. The average Bonchev–Trinajstić information content (AvgIpc) is 3.67. The van der Waals surface area contributed by atoms with Gasteiger partial charge in [-0.1, -0.05) is 146 Å². The van der Waals surface area contributed by atoms with Gasteiger partial charge in [0.1, 0.15) is 11.2 Å². The summed E-state index contributed by atoms with van der Waals surface area (Å²) in [5, 5.41) is 11.8. The molecule has 0 saturated heterocycles.